The third-order valence-corrected chi connectivity index (χ3v) is 2.93. The first kappa shape index (κ1) is 12.9. The molecule has 1 unspecified atom stereocenters. The van der Waals surface area contributed by atoms with E-state index in [1.807, 2.05) is 13.1 Å². The number of nitriles is 1. The van der Waals surface area contributed by atoms with E-state index in [0.29, 0.717) is 12.6 Å². The third-order valence-electron chi connectivity index (χ3n) is 2.93. The molecule has 1 amide bonds. The summed E-state index contributed by atoms with van der Waals surface area (Å²) in [7, 11) is 1.97. The Morgan fingerprint density at radius 2 is 2.38 bits per heavy atom. The fraction of sp³-hybridized carbons (Fsp3) is 0.818. The number of nitrogens with one attached hydrogen (secondary N) is 2. The molecule has 0 aromatic rings. The molecule has 2 N–H and O–H groups in total. The van der Waals surface area contributed by atoms with Crippen molar-refractivity contribution in [2.75, 3.05) is 33.2 Å². The Morgan fingerprint density at radius 3 is 3.12 bits per heavy atom. The minimum atomic E-state index is -0.0683. The molecule has 0 spiro atoms. The van der Waals surface area contributed by atoms with Gasteiger partial charge in [0.1, 0.15) is 6.54 Å². The molecule has 90 valence electrons. The number of carbonyl (C=O) groups is 1. The number of hydrogen-bond acceptors (Lipinski definition) is 4. The van der Waals surface area contributed by atoms with Crippen molar-refractivity contribution in [3.05, 3.63) is 0 Å². The van der Waals surface area contributed by atoms with Crippen molar-refractivity contribution in [1.82, 2.24) is 15.5 Å². The first-order valence-electron chi connectivity index (χ1n) is 5.78. The average molecular weight is 224 g/mol. The number of nitrogens with zero attached hydrogens (tertiary/aromatic N) is 2. The quantitative estimate of drug-likeness (QED) is 0.643. The van der Waals surface area contributed by atoms with Crippen LogP contribution < -0.4 is 10.6 Å². The molecule has 1 atom stereocenters. The number of hydrogen-bond donors (Lipinski definition) is 2. The van der Waals surface area contributed by atoms with E-state index < -0.39 is 0 Å². The fourth-order valence-electron chi connectivity index (χ4n) is 1.99. The van der Waals surface area contributed by atoms with Crippen molar-refractivity contribution in [2.24, 2.45) is 0 Å². The number of likely N-dealkylation sites (N-methyl/N-ethyl adjacent to an activating group) is 1. The first-order chi connectivity index (χ1) is 7.74. The van der Waals surface area contributed by atoms with E-state index in [-0.39, 0.29) is 12.5 Å². The van der Waals surface area contributed by atoms with Gasteiger partial charge in [-0.25, -0.2) is 0 Å². The van der Waals surface area contributed by atoms with Crippen molar-refractivity contribution in [3.8, 4) is 6.07 Å². The van der Waals surface area contributed by atoms with E-state index >= 15 is 0 Å². The van der Waals surface area contributed by atoms with Crippen LogP contribution in [-0.4, -0.2) is 50.1 Å². The predicted molar refractivity (Wildman–Crippen MR) is 61.8 cm³/mol. The SMILES string of the molecule is CN(CC(=O)NCC#N)C1CCCNCC1. The number of carbonyl (C=O) groups excluding carboxylic acids is 1. The van der Waals surface area contributed by atoms with Gasteiger partial charge in [0.15, 0.2) is 0 Å². The van der Waals surface area contributed by atoms with Crippen molar-refractivity contribution < 1.29 is 4.79 Å². The molecule has 1 rings (SSSR count). The molecule has 0 bridgehead atoms. The summed E-state index contributed by atoms with van der Waals surface area (Å²) in [6, 6.07) is 2.38. The lowest BCUT2D eigenvalue weighted by Gasteiger charge is -2.25. The van der Waals surface area contributed by atoms with E-state index in [0.717, 1.165) is 32.4 Å². The molecule has 0 aromatic carbocycles. The topological polar surface area (TPSA) is 68.2 Å². The first-order valence-corrected chi connectivity index (χ1v) is 5.78. The van der Waals surface area contributed by atoms with E-state index in [1.54, 1.807) is 0 Å². The van der Waals surface area contributed by atoms with Gasteiger partial charge < -0.3 is 10.6 Å². The zero-order valence-corrected chi connectivity index (χ0v) is 9.83. The van der Waals surface area contributed by atoms with Gasteiger partial charge in [-0.2, -0.15) is 5.26 Å². The summed E-state index contributed by atoms with van der Waals surface area (Å²) in [5, 5.41) is 14.3. The largest absolute Gasteiger partial charge is 0.342 e. The van der Waals surface area contributed by atoms with E-state index in [1.165, 1.54) is 0 Å². The normalized spacial score (nSPS) is 21.2. The van der Waals surface area contributed by atoms with Gasteiger partial charge in [0.05, 0.1) is 12.6 Å². The zero-order valence-electron chi connectivity index (χ0n) is 9.83. The summed E-state index contributed by atoms with van der Waals surface area (Å²) in [6.45, 7) is 2.57. The Labute approximate surface area is 96.8 Å². The Kier molecular flexibility index (Phi) is 5.83. The van der Waals surface area contributed by atoms with Crippen LogP contribution in [0.4, 0.5) is 0 Å². The molecular formula is C11H20N4O. The van der Waals surface area contributed by atoms with Crippen molar-refractivity contribution >= 4 is 5.91 Å². The summed E-state index contributed by atoms with van der Waals surface area (Å²) in [5.74, 6) is -0.0683. The van der Waals surface area contributed by atoms with Crippen LogP contribution in [0.2, 0.25) is 0 Å². The summed E-state index contributed by atoms with van der Waals surface area (Å²) >= 11 is 0. The minimum absolute atomic E-state index is 0.0683. The Balaban J connectivity index is 2.29. The molecule has 1 heterocycles. The van der Waals surface area contributed by atoms with Crippen LogP contribution in [0.15, 0.2) is 0 Å². The highest BCUT2D eigenvalue weighted by molar-refractivity contribution is 5.78. The molecule has 0 saturated carbocycles. The van der Waals surface area contributed by atoms with Gasteiger partial charge in [-0.3, -0.25) is 9.69 Å². The van der Waals surface area contributed by atoms with Crippen LogP contribution in [0.3, 0.4) is 0 Å². The fourth-order valence-corrected chi connectivity index (χ4v) is 1.99. The zero-order chi connectivity index (χ0) is 11.8. The highest BCUT2D eigenvalue weighted by atomic mass is 16.2. The third kappa shape index (κ3) is 4.60. The maximum atomic E-state index is 11.4. The molecule has 5 heteroatoms. The Hall–Kier alpha value is -1.12. The van der Waals surface area contributed by atoms with Gasteiger partial charge in [-0.05, 0) is 39.4 Å². The second kappa shape index (κ2) is 7.20. The van der Waals surface area contributed by atoms with Crippen LogP contribution in [-0.2, 0) is 4.79 Å². The van der Waals surface area contributed by atoms with Gasteiger partial charge >= 0.3 is 0 Å². The molecular weight excluding hydrogens is 204 g/mol. The van der Waals surface area contributed by atoms with E-state index in [9.17, 15) is 4.79 Å². The molecule has 16 heavy (non-hydrogen) atoms. The smallest absolute Gasteiger partial charge is 0.235 e. The molecule has 1 fully saturated rings. The standard InChI is InChI=1S/C11H20N4O/c1-15(9-11(16)14-8-5-12)10-3-2-6-13-7-4-10/h10,13H,2-4,6-9H2,1H3,(H,14,16). The second-order valence-corrected chi connectivity index (χ2v) is 4.18. The van der Waals surface area contributed by atoms with Crippen LogP contribution >= 0.6 is 0 Å². The molecule has 1 saturated heterocycles. The van der Waals surface area contributed by atoms with Gasteiger partial charge in [-0.15, -0.1) is 0 Å². The highest BCUT2D eigenvalue weighted by Crippen LogP contribution is 2.10. The molecule has 0 aliphatic carbocycles. The molecule has 1 aliphatic rings. The number of rotatable bonds is 4. The average Bonchev–Trinajstić information content (AvgIpc) is 2.54. The summed E-state index contributed by atoms with van der Waals surface area (Å²) < 4.78 is 0. The van der Waals surface area contributed by atoms with E-state index in [4.69, 9.17) is 5.26 Å². The molecule has 0 aromatic heterocycles. The van der Waals surface area contributed by atoms with E-state index in [2.05, 4.69) is 15.5 Å². The lowest BCUT2D eigenvalue weighted by molar-refractivity contribution is -0.122. The van der Waals surface area contributed by atoms with Gasteiger partial charge in [0, 0.05) is 6.04 Å². The predicted octanol–water partition coefficient (Wildman–Crippen LogP) is -0.300. The number of amides is 1. The lowest BCUT2D eigenvalue weighted by atomic mass is 10.1. The van der Waals surface area contributed by atoms with Crippen LogP contribution in [0.1, 0.15) is 19.3 Å². The van der Waals surface area contributed by atoms with Crippen LogP contribution in [0.25, 0.3) is 0 Å². The maximum Gasteiger partial charge on any atom is 0.235 e. The second-order valence-electron chi connectivity index (χ2n) is 4.18. The van der Waals surface area contributed by atoms with Crippen molar-refractivity contribution in [2.45, 2.75) is 25.3 Å². The molecule has 0 radical (unpaired) electrons. The summed E-state index contributed by atoms with van der Waals surface area (Å²) in [5.41, 5.74) is 0. The monoisotopic (exact) mass is 224 g/mol. The van der Waals surface area contributed by atoms with Crippen molar-refractivity contribution in [3.63, 3.8) is 0 Å². The summed E-state index contributed by atoms with van der Waals surface area (Å²) in [6.07, 6.45) is 3.38. The van der Waals surface area contributed by atoms with Gasteiger partial charge in [0.25, 0.3) is 0 Å². The van der Waals surface area contributed by atoms with Crippen LogP contribution in [0.5, 0.6) is 0 Å². The van der Waals surface area contributed by atoms with Crippen molar-refractivity contribution in [1.29, 1.82) is 5.26 Å². The maximum absolute atomic E-state index is 11.4. The Bertz CT molecular complexity index is 253. The van der Waals surface area contributed by atoms with Crippen LogP contribution in [0, 0.1) is 11.3 Å². The van der Waals surface area contributed by atoms with Gasteiger partial charge in [-0.1, -0.05) is 0 Å². The highest BCUT2D eigenvalue weighted by Gasteiger charge is 2.18. The Morgan fingerprint density at radius 1 is 1.56 bits per heavy atom. The minimum Gasteiger partial charge on any atom is -0.342 e. The summed E-state index contributed by atoms with van der Waals surface area (Å²) in [4.78, 5) is 13.5. The van der Waals surface area contributed by atoms with Gasteiger partial charge in [0.2, 0.25) is 5.91 Å². The molecule has 5 nitrogen and oxygen atoms in total. The molecule has 1 aliphatic heterocycles. The lowest BCUT2D eigenvalue weighted by Crippen LogP contribution is -2.41.